The van der Waals surface area contributed by atoms with E-state index in [2.05, 4.69) is 20.2 Å². The summed E-state index contributed by atoms with van der Waals surface area (Å²) < 4.78 is 2.00. The number of fused-ring (bicyclic) bond motifs is 1. The molecule has 1 atom stereocenters. The summed E-state index contributed by atoms with van der Waals surface area (Å²) in [5.74, 6) is 0.856. The van der Waals surface area contributed by atoms with E-state index in [1.165, 1.54) is 0 Å². The van der Waals surface area contributed by atoms with Crippen molar-refractivity contribution < 1.29 is 4.79 Å². The van der Waals surface area contributed by atoms with Crippen LogP contribution in [0.2, 0.25) is 0 Å². The molecule has 6 nitrogen and oxygen atoms in total. The first kappa shape index (κ1) is 15.6. The minimum Gasteiger partial charge on any atom is -0.353 e. The van der Waals surface area contributed by atoms with Gasteiger partial charge >= 0.3 is 0 Å². The fourth-order valence-electron chi connectivity index (χ4n) is 3.54. The van der Waals surface area contributed by atoms with Gasteiger partial charge in [-0.25, -0.2) is 4.98 Å². The van der Waals surface area contributed by atoms with Gasteiger partial charge in [0.05, 0.1) is 11.8 Å². The SMILES string of the molecule is Cn1cc(C(=O)N[C@H]2CCCN(c3cnccn3)C2)c2ccccc21. The molecular weight excluding hydrogens is 314 g/mol. The maximum Gasteiger partial charge on any atom is 0.253 e. The van der Waals surface area contributed by atoms with Gasteiger partial charge < -0.3 is 14.8 Å². The highest BCUT2D eigenvalue weighted by Gasteiger charge is 2.24. The fraction of sp³-hybridized carbons (Fsp3) is 0.316. The van der Waals surface area contributed by atoms with Gasteiger partial charge in [0, 0.05) is 55.7 Å². The number of aryl methyl sites for hydroxylation is 1. The van der Waals surface area contributed by atoms with Crippen molar-refractivity contribution in [2.24, 2.45) is 7.05 Å². The maximum absolute atomic E-state index is 12.8. The molecule has 0 radical (unpaired) electrons. The summed E-state index contributed by atoms with van der Waals surface area (Å²) in [5.41, 5.74) is 1.80. The summed E-state index contributed by atoms with van der Waals surface area (Å²) in [7, 11) is 1.97. The molecule has 1 N–H and O–H groups in total. The number of nitrogens with zero attached hydrogens (tertiary/aromatic N) is 4. The molecule has 1 fully saturated rings. The number of rotatable bonds is 3. The average Bonchev–Trinajstić information content (AvgIpc) is 3.00. The molecule has 1 aliphatic heterocycles. The van der Waals surface area contributed by atoms with Crippen LogP contribution in [0.25, 0.3) is 10.9 Å². The Morgan fingerprint density at radius 2 is 2.16 bits per heavy atom. The number of hydrogen-bond donors (Lipinski definition) is 1. The van der Waals surface area contributed by atoms with Crippen molar-refractivity contribution in [1.82, 2.24) is 19.9 Å². The fourth-order valence-corrected chi connectivity index (χ4v) is 3.54. The first-order valence-electron chi connectivity index (χ1n) is 8.58. The van der Waals surface area contributed by atoms with E-state index < -0.39 is 0 Å². The predicted octanol–water partition coefficient (Wildman–Crippen LogP) is 2.37. The number of para-hydroxylation sites is 1. The number of amides is 1. The molecule has 2 aromatic heterocycles. The van der Waals surface area contributed by atoms with E-state index in [4.69, 9.17) is 0 Å². The Labute approximate surface area is 146 Å². The molecule has 3 heterocycles. The van der Waals surface area contributed by atoms with E-state index in [1.54, 1.807) is 18.6 Å². The van der Waals surface area contributed by atoms with Gasteiger partial charge in [0.2, 0.25) is 0 Å². The van der Waals surface area contributed by atoms with E-state index in [-0.39, 0.29) is 11.9 Å². The Bertz CT molecular complexity index is 889. The number of piperidine rings is 1. The van der Waals surface area contributed by atoms with Gasteiger partial charge in [-0.1, -0.05) is 18.2 Å². The molecular formula is C19H21N5O. The van der Waals surface area contributed by atoms with Gasteiger partial charge in [-0.3, -0.25) is 9.78 Å². The molecule has 128 valence electrons. The summed E-state index contributed by atoms with van der Waals surface area (Å²) in [6, 6.07) is 8.10. The summed E-state index contributed by atoms with van der Waals surface area (Å²) in [5, 5.41) is 4.19. The number of benzene rings is 1. The van der Waals surface area contributed by atoms with Crippen LogP contribution in [-0.2, 0) is 7.05 Å². The van der Waals surface area contributed by atoms with Crippen LogP contribution < -0.4 is 10.2 Å². The Morgan fingerprint density at radius 3 is 3.00 bits per heavy atom. The Morgan fingerprint density at radius 1 is 1.28 bits per heavy atom. The molecule has 0 unspecified atom stereocenters. The van der Waals surface area contributed by atoms with E-state index in [0.29, 0.717) is 0 Å². The zero-order valence-electron chi connectivity index (χ0n) is 14.2. The molecule has 0 bridgehead atoms. The highest BCUT2D eigenvalue weighted by atomic mass is 16.1. The minimum atomic E-state index is -0.0113. The largest absolute Gasteiger partial charge is 0.353 e. The summed E-state index contributed by atoms with van der Waals surface area (Å²) in [4.78, 5) is 23.5. The van der Waals surface area contributed by atoms with Gasteiger partial charge in [-0.2, -0.15) is 0 Å². The molecule has 25 heavy (non-hydrogen) atoms. The molecule has 1 saturated heterocycles. The smallest absolute Gasteiger partial charge is 0.253 e. The van der Waals surface area contributed by atoms with Crippen molar-refractivity contribution in [1.29, 1.82) is 0 Å². The Hall–Kier alpha value is -2.89. The highest BCUT2D eigenvalue weighted by molar-refractivity contribution is 6.07. The number of carbonyl (C=O) groups is 1. The number of hydrogen-bond acceptors (Lipinski definition) is 4. The number of aromatic nitrogens is 3. The first-order chi connectivity index (χ1) is 12.2. The second kappa shape index (κ2) is 6.55. The monoisotopic (exact) mass is 335 g/mol. The molecule has 0 saturated carbocycles. The Balaban J connectivity index is 1.50. The van der Waals surface area contributed by atoms with Crippen molar-refractivity contribution in [2.45, 2.75) is 18.9 Å². The van der Waals surface area contributed by atoms with E-state index >= 15 is 0 Å². The number of anilines is 1. The topological polar surface area (TPSA) is 63.1 Å². The molecule has 6 heteroatoms. The van der Waals surface area contributed by atoms with E-state index in [1.807, 2.05) is 42.1 Å². The molecule has 0 spiro atoms. The Kier molecular flexibility index (Phi) is 4.09. The third kappa shape index (κ3) is 3.07. The third-order valence-corrected chi connectivity index (χ3v) is 4.77. The molecule has 1 aromatic carbocycles. The number of nitrogens with one attached hydrogen (secondary N) is 1. The van der Waals surface area contributed by atoms with Crippen LogP contribution in [-0.4, -0.2) is 39.6 Å². The lowest BCUT2D eigenvalue weighted by molar-refractivity contribution is 0.0934. The van der Waals surface area contributed by atoms with Crippen molar-refractivity contribution >= 4 is 22.6 Å². The van der Waals surface area contributed by atoms with Crippen LogP contribution >= 0.6 is 0 Å². The molecule has 1 aliphatic rings. The van der Waals surface area contributed by atoms with Gasteiger partial charge in [-0.15, -0.1) is 0 Å². The normalized spacial score (nSPS) is 17.6. The molecule has 4 rings (SSSR count). The lowest BCUT2D eigenvalue weighted by Crippen LogP contribution is -2.48. The van der Waals surface area contributed by atoms with Crippen LogP contribution in [0, 0.1) is 0 Å². The zero-order chi connectivity index (χ0) is 17.2. The average molecular weight is 335 g/mol. The standard InChI is InChI=1S/C19H21N5O/c1-23-13-16(15-6-2-3-7-17(15)23)19(25)22-14-5-4-10-24(12-14)18-11-20-8-9-21-18/h2-3,6-9,11,13-14H,4-5,10,12H2,1H3,(H,22,25)/t14-/m0/s1. The second-order valence-corrected chi connectivity index (χ2v) is 6.49. The molecule has 0 aliphatic carbocycles. The minimum absolute atomic E-state index is 0.0113. The van der Waals surface area contributed by atoms with E-state index in [0.717, 1.165) is 48.2 Å². The van der Waals surface area contributed by atoms with Gasteiger partial charge in [0.25, 0.3) is 5.91 Å². The quantitative estimate of drug-likeness (QED) is 0.798. The van der Waals surface area contributed by atoms with Gasteiger partial charge in [0.1, 0.15) is 5.82 Å². The van der Waals surface area contributed by atoms with Crippen LogP contribution in [0.1, 0.15) is 23.2 Å². The number of carbonyl (C=O) groups excluding carboxylic acids is 1. The second-order valence-electron chi connectivity index (χ2n) is 6.49. The van der Waals surface area contributed by atoms with Crippen molar-refractivity contribution in [3.63, 3.8) is 0 Å². The van der Waals surface area contributed by atoms with Crippen molar-refractivity contribution in [3.8, 4) is 0 Å². The molecule has 1 amide bonds. The van der Waals surface area contributed by atoms with Crippen molar-refractivity contribution in [3.05, 3.63) is 54.6 Å². The summed E-state index contributed by atoms with van der Waals surface area (Å²) in [6.07, 6.45) is 9.06. The summed E-state index contributed by atoms with van der Waals surface area (Å²) >= 11 is 0. The van der Waals surface area contributed by atoms with Crippen molar-refractivity contribution in [2.75, 3.05) is 18.0 Å². The lowest BCUT2D eigenvalue weighted by Gasteiger charge is -2.33. The third-order valence-electron chi connectivity index (χ3n) is 4.77. The van der Waals surface area contributed by atoms with Gasteiger partial charge in [-0.05, 0) is 18.9 Å². The first-order valence-corrected chi connectivity index (χ1v) is 8.58. The predicted molar refractivity (Wildman–Crippen MR) is 97.7 cm³/mol. The van der Waals surface area contributed by atoms with E-state index in [9.17, 15) is 4.79 Å². The molecule has 3 aromatic rings. The van der Waals surface area contributed by atoms with Crippen LogP contribution in [0.5, 0.6) is 0 Å². The van der Waals surface area contributed by atoms with Crippen LogP contribution in [0.4, 0.5) is 5.82 Å². The zero-order valence-corrected chi connectivity index (χ0v) is 14.2. The highest BCUT2D eigenvalue weighted by Crippen LogP contribution is 2.21. The van der Waals surface area contributed by atoms with Gasteiger partial charge in [0.15, 0.2) is 0 Å². The van der Waals surface area contributed by atoms with Crippen LogP contribution in [0.15, 0.2) is 49.1 Å². The maximum atomic E-state index is 12.8. The summed E-state index contributed by atoms with van der Waals surface area (Å²) in [6.45, 7) is 1.70. The lowest BCUT2D eigenvalue weighted by atomic mass is 10.0. The van der Waals surface area contributed by atoms with Crippen LogP contribution in [0.3, 0.4) is 0 Å².